The average molecular weight is 217 g/mol. The van der Waals surface area contributed by atoms with E-state index in [2.05, 4.69) is 5.32 Å². The number of hydrogen-bond acceptors (Lipinski definition) is 5. The molecule has 1 aliphatic rings. The van der Waals surface area contributed by atoms with Gasteiger partial charge in [-0.3, -0.25) is 4.79 Å². The predicted octanol–water partition coefficient (Wildman–Crippen LogP) is -0.0554. The van der Waals surface area contributed by atoms with E-state index in [1.54, 1.807) is 14.0 Å². The summed E-state index contributed by atoms with van der Waals surface area (Å²) in [4.78, 5) is 11.1. The molecule has 1 N–H and O–H groups in total. The van der Waals surface area contributed by atoms with E-state index in [0.29, 0.717) is 19.8 Å². The lowest BCUT2D eigenvalue weighted by molar-refractivity contribution is -0.142. The van der Waals surface area contributed by atoms with Crippen LogP contribution in [-0.2, 0) is 19.0 Å². The van der Waals surface area contributed by atoms with Crippen molar-refractivity contribution >= 4 is 5.97 Å². The number of carbonyl (C=O) groups is 1. The lowest BCUT2D eigenvalue weighted by atomic mass is 10.0. The van der Waals surface area contributed by atoms with Crippen molar-refractivity contribution in [3.05, 3.63) is 0 Å². The molecule has 5 nitrogen and oxygen atoms in total. The van der Waals surface area contributed by atoms with E-state index in [-0.39, 0.29) is 18.1 Å². The molecular formula is C10H19NO4. The van der Waals surface area contributed by atoms with Gasteiger partial charge in [0.05, 0.1) is 19.8 Å². The minimum absolute atomic E-state index is 0.221. The van der Waals surface area contributed by atoms with Crippen molar-refractivity contribution in [2.45, 2.75) is 18.9 Å². The molecular weight excluding hydrogens is 198 g/mol. The smallest absolute Gasteiger partial charge is 0.319 e. The highest BCUT2D eigenvalue weighted by Crippen LogP contribution is 2.21. The van der Waals surface area contributed by atoms with Crippen LogP contribution in [0.3, 0.4) is 0 Å². The molecule has 1 saturated heterocycles. The molecule has 1 rings (SSSR count). The lowest BCUT2D eigenvalue weighted by Crippen LogP contribution is -2.44. The second-order valence-corrected chi connectivity index (χ2v) is 3.60. The molecule has 1 unspecified atom stereocenters. The van der Waals surface area contributed by atoms with Crippen LogP contribution >= 0.6 is 0 Å². The molecule has 0 aromatic heterocycles. The summed E-state index contributed by atoms with van der Waals surface area (Å²) in [5.41, 5.74) is -0.271. The molecule has 1 fully saturated rings. The van der Waals surface area contributed by atoms with Crippen LogP contribution in [0, 0.1) is 0 Å². The van der Waals surface area contributed by atoms with E-state index < -0.39 is 0 Å². The Kier molecular flexibility index (Phi) is 5.01. The Morgan fingerprint density at radius 1 is 1.60 bits per heavy atom. The summed E-state index contributed by atoms with van der Waals surface area (Å²) in [6.45, 7) is 4.34. The first kappa shape index (κ1) is 12.4. The zero-order valence-corrected chi connectivity index (χ0v) is 9.38. The molecule has 0 aromatic carbocycles. The predicted molar refractivity (Wildman–Crippen MR) is 54.7 cm³/mol. The van der Waals surface area contributed by atoms with E-state index in [9.17, 15) is 4.79 Å². The van der Waals surface area contributed by atoms with Crippen LogP contribution in [-0.4, -0.2) is 51.6 Å². The van der Waals surface area contributed by atoms with Gasteiger partial charge in [0.2, 0.25) is 0 Å². The molecule has 0 radical (unpaired) electrons. The Hall–Kier alpha value is -0.650. The van der Waals surface area contributed by atoms with Gasteiger partial charge in [0, 0.05) is 26.7 Å². The first-order valence-corrected chi connectivity index (χ1v) is 5.22. The third-order valence-corrected chi connectivity index (χ3v) is 2.52. The molecule has 1 heterocycles. The van der Waals surface area contributed by atoms with E-state index in [4.69, 9.17) is 14.2 Å². The van der Waals surface area contributed by atoms with Gasteiger partial charge in [0.15, 0.2) is 0 Å². The normalized spacial score (nSPS) is 25.5. The number of esters is 1. The highest BCUT2D eigenvalue weighted by Gasteiger charge is 2.34. The van der Waals surface area contributed by atoms with Crippen LogP contribution < -0.4 is 5.32 Å². The highest BCUT2D eigenvalue weighted by molar-refractivity contribution is 5.71. The van der Waals surface area contributed by atoms with Gasteiger partial charge >= 0.3 is 5.97 Å². The van der Waals surface area contributed by atoms with Gasteiger partial charge in [-0.25, -0.2) is 0 Å². The standard InChI is InChI=1S/C10H19NO4/c1-3-15-9(12)6-11-7-10(13-2)4-5-14-8-10/h11H,3-8H2,1-2H3. The zero-order chi connectivity index (χ0) is 11.1. The summed E-state index contributed by atoms with van der Waals surface area (Å²) in [6, 6.07) is 0. The summed E-state index contributed by atoms with van der Waals surface area (Å²) >= 11 is 0. The number of hydrogen-bond donors (Lipinski definition) is 1. The van der Waals surface area contributed by atoms with Crippen molar-refractivity contribution in [1.82, 2.24) is 5.32 Å². The van der Waals surface area contributed by atoms with E-state index >= 15 is 0 Å². The molecule has 15 heavy (non-hydrogen) atoms. The zero-order valence-electron chi connectivity index (χ0n) is 9.38. The lowest BCUT2D eigenvalue weighted by Gasteiger charge is -2.25. The minimum atomic E-state index is -0.271. The molecule has 0 bridgehead atoms. The Labute approximate surface area is 90.1 Å². The Morgan fingerprint density at radius 2 is 2.40 bits per heavy atom. The molecule has 1 aliphatic heterocycles. The average Bonchev–Trinajstić information content (AvgIpc) is 2.68. The van der Waals surface area contributed by atoms with E-state index in [1.807, 2.05) is 0 Å². The highest BCUT2D eigenvalue weighted by atomic mass is 16.6. The fourth-order valence-corrected chi connectivity index (χ4v) is 1.57. The van der Waals surface area contributed by atoms with Crippen molar-refractivity contribution in [3.63, 3.8) is 0 Å². The Morgan fingerprint density at radius 3 is 2.93 bits per heavy atom. The van der Waals surface area contributed by atoms with Crippen LogP contribution in [0.25, 0.3) is 0 Å². The second-order valence-electron chi connectivity index (χ2n) is 3.60. The van der Waals surface area contributed by atoms with Crippen LogP contribution in [0.15, 0.2) is 0 Å². The van der Waals surface area contributed by atoms with Crippen molar-refractivity contribution in [2.24, 2.45) is 0 Å². The van der Waals surface area contributed by atoms with Crippen LogP contribution in [0.1, 0.15) is 13.3 Å². The number of rotatable bonds is 6. The molecule has 0 spiro atoms. The third kappa shape index (κ3) is 3.77. The number of carbonyl (C=O) groups excluding carboxylic acids is 1. The summed E-state index contributed by atoms with van der Waals surface area (Å²) in [6.07, 6.45) is 0.860. The van der Waals surface area contributed by atoms with E-state index in [1.165, 1.54) is 0 Å². The van der Waals surface area contributed by atoms with Gasteiger partial charge in [0.1, 0.15) is 5.60 Å². The van der Waals surface area contributed by atoms with Gasteiger partial charge in [-0.2, -0.15) is 0 Å². The summed E-state index contributed by atoms with van der Waals surface area (Å²) < 4.78 is 15.5. The number of ether oxygens (including phenoxy) is 3. The van der Waals surface area contributed by atoms with Gasteiger partial charge in [-0.1, -0.05) is 0 Å². The largest absolute Gasteiger partial charge is 0.465 e. The summed E-state index contributed by atoms with van der Waals surface area (Å²) in [5, 5.41) is 3.02. The maximum Gasteiger partial charge on any atom is 0.319 e. The summed E-state index contributed by atoms with van der Waals surface area (Å²) in [7, 11) is 1.67. The van der Waals surface area contributed by atoms with Crippen molar-refractivity contribution in [2.75, 3.05) is 40.0 Å². The fraction of sp³-hybridized carbons (Fsp3) is 0.900. The first-order valence-electron chi connectivity index (χ1n) is 5.22. The van der Waals surface area contributed by atoms with Crippen LogP contribution in [0.2, 0.25) is 0 Å². The fourth-order valence-electron chi connectivity index (χ4n) is 1.57. The topological polar surface area (TPSA) is 56.8 Å². The molecule has 0 aliphatic carbocycles. The Bertz CT molecular complexity index is 202. The van der Waals surface area contributed by atoms with Gasteiger partial charge in [-0.05, 0) is 6.92 Å². The van der Waals surface area contributed by atoms with Gasteiger partial charge < -0.3 is 19.5 Å². The van der Waals surface area contributed by atoms with Crippen LogP contribution in [0.5, 0.6) is 0 Å². The van der Waals surface area contributed by atoms with Gasteiger partial charge in [0.25, 0.3) is 0 Å². The molecule has 5 heteroatoms. The molecule has 0 saturated carbocycles. The number of methoxy groups -OCH3 is 1. The SMILES string of the molecule is CCOC(=O)CNCC1(OC)CCOC1. The third-order valence-electron chi connectivity index (χ3n) is 2.52. The van der Waals surface area contributed by atoms with Gasteiger partial charge in [-0.15, -0.1) is 0 Å². The monoisotopic (exact) mass is 217 g/mol. The number of nitrogens with one attached hydrogen (secondary N) is 1. The minimum Gasteiger partial charge on any atom is -0.465 e. The van der Waals surface area contributed by atoms with Crippen molar-refractivity contribution < 1.29 is 19.0 Å². The molecule has 0 amide bonds. The quantitative estimate of drug-likeness (QED) is 0.632. The molecule has 1 atom stereocenters. The van der Waals surface area contributed by atoms with E-state index in [0.717, 1.165) is 13.0 Å². The summed E-state index contributed by atoms with van der Waals surface area (Å²) in [5.74, 6) is -0.234. The maximum absolute atomic E-state index is 11.1. The molecule has 88 valence electrons. The van der Waals surface area contributed by atoms with Crippen molar-refractivity contribution in [1.29, 1.82) is 0 Å². The second kappa shape index (κ2) is 6.05. The molecule has 0 aromatic rings. The first-order chi connectivity index (χ1) is 7.22. The van der Waals surface area contributed by atoms with Crippen LogP contribution in [0.4, 0.5) is 0 Å². The van der Waals surface area contributed by atoms with Crippen molar-refractivity contribution in [3.8, 4) is 0 Å². The Balaban J connectivity index is 2.20. The maximum atomic E-state index is 11.1.